The van der Waals surface area contributed by atoms with Crippen LogP contribution in [0.3, 0.4) is 0 Å². The Bertz CT molecular complexity index is 2930. The summed E-state index contributed by atoms with van der Waals surface area (Å²) in [5.41, 5.74) is 12.8. The molecule has 0 amide bonds. The van der Waals surface area contributed by atoms with E-state index in [0.717, 1.165) is 72.8 Å². The van der Waals surface area contributed by atoms with Crippen molar-refractivity contribution >= 4 is 87.6 Å². The van der Waals surface area contributed by atoms with Crippen molar-refractivity contribution in [1.29, 1.82) is 0 Å². The molecule has 0 aliphatic heterocycles. The maximum atomic E-state index is 6.77. The highest BCUT2D eigenvalue weighted by Gasteiger charge is 2.22. The molecule has 3 nitrogen and oxygen atoms in total. The van der Waals surface area contributed by atoms with E-state index < -0.39 is 0 Å². The van der Waals surface area contributed by atoms with Gasteiger partial charge in [-0.2, -0.15) is 0 Å². The number of anilines is 6. The third kappa shape index (κ3) is 5.90. The zero-order valence-corrected chi connectivity index (χ0v) is 32.3. The number of benzene rings is 9. The minimum Gasteiger partial charge on any atom is -0.455 e. The van der Waals surface area contributed by atoms with Gasteiger partial charge in [-0.1, -0.05) is 127 Å². The van der Waals surface area contributed by atoms with Gasteiger partial charge in [0.25, 0.3) is 0 Å². The van der Waals surface area contributed by atoms with Crippen LogP contribution >= 0.6 is 11.3 Å². The van der Waals surface area contributed by atoms with Gasteiger partial charge in [-0.3, -0.25) is 0 Å². The van der Waals surface area contributed by atoms with E-state index in [9.17, 15) is 0 Å². The summed E-state index contributed by atoms with van der Waals surface area (Å²) in [6, 6.07) is 78.0. The van der Waals surface area contributed by atoms with Crippen LogP contribution in [0, 0.1) is 0 Å². The van der Waals surface area contributed by atoms with E-state index in [1.807, 2.05) is 17.4 Å². The molecule has 0 fully saturated rings. The van der Waals surface area contributed by atoms with Gasteiger partial charge in [0.1, 0.15) is 11.2 Å². The van der Waals surface area contributed by atoms with E-state index in [4.69, 9.17) is 4.42 Å². The first-order valence-corrected chi connectivity index (χ1v) is 20.4. The Balaban J connectivity index is 1.15. The van der Waals surface area contributed by atoms with Gasteiger partial charge in [-0.15, -0.1) is 11.3 Å². The first-order valence-electron chi connectivity index (χ1n) is 19.6. The fraction of sp³-hybridized carbons (Fsp3) is 0. The molecule has 0 radical (unpaired) electrons. The Morgan fingerprint density at radius 2 is 0.793 bits per heavy atom. The highest BCUT2D eigenvalue weighted by Crippen LogP contribution is 2.47. The Morgan fingerprint density at radius 1 is 0.328 bits per heavy atom. The summed E-state index contributed by atoms with van der Waals surface area (Å²) >= 11 is 1.86. The predicted molar refractivity (Wildman–Crippen MR) is 247 cm³/mol. The standard InChI is InChI=1S/C54H36N2OS/c1-5-20-39(21-6-1)55(40-22-7-2-8-23-40)43-33-47(53-49(35-43)45-28-13-15-30-51(45)57-53)37-18-17-19-38(32-37)48-34-44(36-50-46-29-14-16-31-52(46)58-54(48)50)56(41-24-9-3-10-25-41)42-26-11-4-12-27-42/h1-36H. The molecule has 4 heteroatoms. The molecule has 0 aliphatic rings. The summed E-state index contributed by atoms with van der Waals surface area (Å²) in [7, 11) is 0. The SMILES string of the molecule is c1ccc(N(c2ccccc2)c2cc(-c3cccc(-c4cc(N(c5ccccc5)c5ccccc5)cc5c4sc4ccccc45)c3)c3oc4ccccc4c3c2)cc1. The molecule has 9 aromatic carbocycles. The van der Waals surface area contributed by atoms with Crippen molar-refractivity contribution < 1.29 is 4.42 Å². The second-order valence-corrected chi connectivity index (χ2v) is 15.6. The molecular weight excluding hydrogens is 725 g/mol. The van der Waals surface area contributed by atoms with Gasteiger partial charge in [0.05, 0.1) is 0 Å². The molecule has 0 aliphatic carbocycles. The van der Waals surface area contributed by atoms with Crippen molar-refractivity contribution in [3.8, 4) is 22.3 Å². The smallest absolute Gasteiger partial charge is 0.143 e. The predicted octanol–water partition coefficient (Wildman–Crippen LogP) is 16.2. The molecule has 2 aromatic heterocycles. The zero-order chi connectivity index (χ0) is 38.4. The van der Waals surface area contributed by atoms with E-state index in [-0.39, 0.29) is 0 Å². The lowest BCUT2D eigenvalue weighted by Crippen LogP contribution is -2.10. The maximum absolute atomic E-state index is 6.77. The van der Waals surface area contributed by atoms with Crippen LogP contribution in [0.5, 0.6) is 0 Å². The monoisotopic (exact) mass is 760 g/mol. The largest absolute Gasteiger partial charge is 0.455 e. The number of nitrogens with zero attached hydrogens (tertiary/aromatic N) is 2. The maximum Gasteiger partial charge on any atom is 0.143 e. The second kappa shape index (κ2) is 14.3. The summed E-state index contributed by atoms with van der Waals surface area (Å²) in [4.78, 5) is 4.70. The summed E-state index contributed by atoms with van der Waals surface area (Å²) in [5.74, 6) is 0. The number of hydrogen-bond donors (Lipinski definition) is 0. The van der Waals surface area contributed by atoms with E-state index in [2.05, 4.69) is 222 Å². The average Bonchev–Trinajstić information content (AvgIpc) is 3.86. The minimum absolute atomic E-state index is 0.875. The van der Waals surface area contributed by atoms with Gasteiger partial charge in [0.15, 0.2) is 0 Å². The van der Waals surface area contributed by atoms with Gasteiger partial charge >= 0.3 is 0 Å². The Hall–Kier alpha value is -7.40. The van der Waals surface area contributed by atoms with Crippen molar-refractivity contribution in [1.82, 2.24) is 0 Å². The highest BCUT2D eigenvalue weighted by atomic mass is 32.1. The molecule has 58 heavy (non-hydrogen) atoms. The van der Waals surface area contributed by atoms with Crippen LogP contribution in [0.1, 0.15) is 0 Å². The molecule has 11 aromatic rings. The van der Waals surface area contributed by atoms with E-state index in [1.165, 1.54) is 25.7 Å². The van der Waals surface area contributed by atoms with Crippen LogP contribution in [-0.2, 0) is 0 Å². The van der Waals surface area contributed by atoms with Crippen LogP contribution < -0.4 is 9.80 Å². The van der Waals surface area contributed by atoms with Crippen molar-refractivity contribution in [2.24, 2.45) is 0 Å². The van der Waals surface area contributed by atoms with Crippen molar-refractivity contribution in [3.05, 3.63) is 218 Å². The molecule has 0 atom stereocenters. The van der Waals surface area contributed by atoms with E-state index >= 15 is 0 Å². The lowest BCUT2D eigenvalue weighted by atomic mass is 9.95. The summed E-state index contributed by atoms with van der Waals surface area (Å²) in [5, 5.41) is 4.69. The van der Waals surface area contributed by atoms with E-state index in [1.54, 1.807) is 0 Å². The number of hydrogen-bond acceptors (Lipinski definition) is 4. The van der Waals surface area contributed by atoms with Crippen molar-refractivity contribution in [3.63, 3.8) is 0 Å². The lowest BCUT2D eigenvalue weighted by molar-refractivity contribution is 0.670. The van der Waals surface area contributed by atoms with Crippen LogP contribution in [0.4, 0.5) is 34.1 Å². The third-order valence-electron chi connectivity index (χ3n) is 11.0. The van der Waals surface area contributed by atoms with Gasteiger partial charge in [0, 0.05) is 76.2 Å². The molecule has 0 bridgehead atoms. The first-order chi connectivity index (χ1) is 28.8. The van der Waals surface area contributed by atoms with Gasteiger partial charge < -0.3 is 14.2 Å². The molecule has 0 saturated carbocycles. The number of rotatable bonds is 8. The fourth-order valence-corrected chi connectivity index (χ4v) is 9.59. The number of thiophene rings is 1. The topological polar surface area (TPSA) is 19.6 Å². The normalized spacial score (nSPS) is 11.4. The van der Waals surface area contributed by atoms with Crippen LogP contribution in [0.25, 0.3) is 64.4 Å². The average molecular weight is 761 g/mol. The molecule has 274 valence electrons. The van der Waals surface area contributed by atoms with Crippen LogP contribution in [0.15, 0.2) is 223 Å². The molecule has 0 unspecified atom stereocenters. The number of para-hydroxylation sites is 5. The molecule has 0 spiro atoms. The lowest BCUT2D eigenvalue weighted by Gasteiger charge is -2.26. The Morgan fingerprint density at radius 3 is 1.38 bits per heavy atom. The third-order valence-corrected chi connectivity index (χ3v) is 12.2. The highest BCUT2D eigenvalue weighted by molar-refractivity contribution is 7.26. The second-order valence-electron chi connectivity index (χ2n) is 14.5. The molecular formula is C54H36N2OS. The summed E-state index contributed by atoms with van der Waals surface area (Å²) in [6.45, 7) is 0. The number of furan rings is 1. The summed E-state index contributed by atoms with van der Waals surface area (Å²) in [6.07, 6.45) is 0. The Labute approximate surface area is 340 Å². The van der Waals surface area contributed by atoms with Crippen LogP contribution in [0.2, 0.25) is 0 Å². The zero-order valence-electron chi connectivity index (χ0n) is 31.5. The molecule has 0 saturated heterocycles. The quantitative estimate of drug-likeness (QED) is 0.154. The number of fused-ring (bicyclic) bond motifs is 6. The summed E-state index contributed by atoms with van der Waals surface area (Å²) < 4.78 is 9.31. The molecule has 2 heterocycles. The van der Waals surface area contributed by atoms with Crippen molar-refractivity contribution in [2.45, 2.75) is 0 Å². The first kappa shape index (κ1) is 33.9. The van der Waals surface area contributed by atoms with Gasteiger partial charge in [-0.25, -0.2) is 0 Å². The Kier molecular flexibility index (Phi) is 8.34. The van der Waals surface area contributed by atoms with Crippen molar-refractivity contribution in [2.75, 3.05) is 9.80 Å². The minimum atomic E-state index is 0.875. The van der Waals surface area contributed by atoms with Gasteiger partial charge in [0.2, 0.25) is 0 Å². The van der Waals surface area contributed by atoms with E-state index in [0.29, 0.717) is 0 Å². The fourth-order valence-electron chi connectivity index (χ4n) is 8.37. The van der Waals surface area contributed by atoms with Gasteiger partial charge in [-0.05, 0) is 102 Å². The molecule has 0 N–H and O–H groups in total. The molecule has 11 rings (SSSR count). The van der Waals surface area contributed by atoms with Crippen LogP contribution in [-0.4, -0.2) is 0 Å².